The normalized spacial score (nSPS) is 17.7. The van der Waals surface area contributed by atoms with Gasteiger partial charge in [-0.3, -0.25) is 9.59 Å². The highest BCUT2D eigenvalue weighted by molar-refractivity contribution is 5.99. The Labute approximate surface area is 119 Å². The molecular weight excluding hydrogens is 254 g/mol. The van der Waals surface area contributed by atoms with E-state index in [1.165, 1.54) is 0 Å². The van der Waals surface area contributed by atoms with Crippen molar-refractivity contribution in [3.8, 4) is 0 Å². The number of amides is 2. The fraction of sp³-hybridized carbons (Fsp3) is 0.467. The number of anilines is 2. The van der Waals surface area contributed by atoms with Crippen LogP contribution in [-0.2, 0) is 9.59 Å². The van der Waals surface area contributed by atoms with Crippen LogP contribution in [-0.4, -0.2) is 30.9 Å². The molecular formula is C15H21N3O2. The van der Waals surface area contributed by atoms with Crippen LogP contribution in [0.2, 0.25) is 0 Å². The molecule has 1 aliphatic rings. The van der Waals surface area contributed by atoms with Crippen molar-refractivity contribution in [3.05, 3.63) is 24.3 Å². The number of hydrogen-bond donors (Lipinski definition) is 2. The molecule has 20 heavy (non-hydrogen) atoms. The van der Waals surface area contributed by atoms with E-state index in [0.717, 1.165) is 24.5 Å². The summed E-state index contributed by atoms with van der Waals surface area (Å²) in [4.78, 5) is 25.3. The molecule has 2 amide bonds. The van der Waals surface area contributed by atoms with E-state index in [0.29, 0.717) is 12.8 Å². The van der Waals surface area contributed by atoms with Crippen molar-refractivity contribution in [2.24, 2.45) is 0 Å². The molecule has 5 nitrogen and oxygen atoms in total. The van der Waals surface area contributed by atoms with E-state index in [1.807, 2.05) is 24.3 Å². The lowest BCUT2D eigenvalue weighted by Crippen LogP contribution is -2.37. The molecule has 0 aromatic heterocycles. The van der Waals surface area contributed by atoms with Crippen LogP contribution < -0.4 is 15.5 Å². The lowest BCUT2D eigenvalue weighted by molar-refractivity contribution is -0.122. The van der Waals surface area contributed by atoms with Gasteiger partial charge >= 0.3 is 0 Å². The minimum atomic E-state index is -0.398. The van der Waals surface area contributed by atoms with Gasteiger partial charge < -0.3 is 15.5 Å². The zero-order chi connectivity index (χ0) is 14.5. The minimum absolute atomic E-state index is 0.0537. The predicted molar refractivity (Wildman–Crippen MR) is 79.8 cm³/mol. The van der Waals surface area contributed by atoms with Gasteiger partial charge in [-0.2, -0.15) is 0 Å². The SMILES string of the molecule is CCN(CC)c1ccc(NC(=O)C2CCC(=O)N2)cc1. The van der Waals surface area contributed by atoms with Crippen LogP contribution in [0.15, 0.2) is 24.3 Å². The van der Waals surface area contributed by atoms with Crippen molar-refractivity contribution in [1.82, 2.24) is 5.32 Å². The molecule has 0 aliphatic carbocycles. The summed E-state index contributed by atoms with van der Waals surface area (Å²) < 4.78 is 0. The third-order valence-corrected chi connectivity index (χ3v) is 3.58. The van der Waals surface area contributed by atoms with Crippen LogP contribution >= 0.6 is 0 Å². The first-order valence-corrected chi connectivity index (χ1v) is 7.09. The minimum Gasteiger partial charge on any atom is -0.372 e. The molecule has 0 spiro atoms. The highest BCUT2D eigenvalue weighted by Gasteiger charge is 2.27. The van der Waals surface area contributed by atoms with Crippen molar-refractivity contribution < 1.29 is 9.59 Å². The van der Waals surface area contributed by atoms with Gasteiger partial charge in [-0.25, -0.2) is 0 Å². The Hall–Kier alpha value is -2.04. The van der Waals surface area contributed by atoms with Gasteiger partial charge in [0.2, 0.25) is 11.8 Å². The van der Waals surface area contributed by atoms with Crippen molar-refractivity contribution >= 4 is 23.2 Å². The molecule has 0 bridgehead atoms. The Balaban J connectivity index is 1.96. The van der Waals surface area contributed by atoms with Gasteiger partial charge in [-0.05, 0) is 44.5 Å². The number of nitrogens with one attached hydrogen (secondary N) is 2. The van der Waals surface area contributed by atoms with E-state index in [2.05, 4.69) is 29.4 Å². The monoisotopic (exact) mass is 275 g/mol. The fourth-order valence-electron chi connectivity index (χ4n) is 2.38. The Morgan fingerprint density at radius 2 is 1.95 bits per heavy atom. The van der Waals surface area contributed by atoms with Crippen LogP contribution in [0.5, 0.6) is 0 Å². The summed E-state index contributed by atoms with van der Waals surface area (Å²) in [7, 11) is 0. The summed E-state index contributed by atoms with van der Waals surface area (Å²) in [5.41, 5.74) is 1.90. The second-order valence-corrected chi connectivity index (χ2v) is 4.87. The first kappa shape index (κ1) is 14.4. The zero-order valence-electron chi connectivity index (χ0n) is 12.0. The number of carbonyl (C=O) groups excluding carboxylic acids is 2. The number of carbonyl (C=O) groups is 2. The van der Waals surface area contributed by atoms with Crippen LogP contribution in [0.4, 0.5) is 11.4 Å². The van der Waals surface area contributed by atoms with Gasteiger partial charge in [0.15, 0.2) is 0 Å². The largest absolute Gasteiger partial charge is 0.372 e. The molecule has 1 atom stereocenters. The number of rotatable bonds is 5. The second-order valence-electron chi connectivity index (χ2n) is 4.87. The van der Waals surface area contributed by atoms with Gasteiger partial charge in [0.1, 0.15) is 6.04 Å². The zero-order valence-corrected chi connectivity index (χ0v) is 12.0. The van der Waals surface area contributed by atoms with E-state index in [4.69, 9.17) is 0 Å². The van der Waals surface area contributed by atoms with E-state index < -0.39 is 6.04 Å². The Kier molecular flexibility index (Phi) is 4.61. The van der Waals surface area contributed by atoms with E-state index >= 15 is 0 Å². The number of hydrogen-bond acceptors (Lipinski definition) is 3. The van der Waals surface area contributed by atoms with Gasteiger partial charge in [-0.1, -0.05) is 0 Å². The number of benzene rings is 1. The maximum Gasteiger partial charge on any atom is 0.246 e. The molecule has 1 heterocycles. The molecule has 0 radical (unpaired) electrons. The topological polar surface area (TPSA) is 61.4 Å². The van der Waals surface area contributed by atoms with Crippen molar-refractivity contribution in [2.75, 3.05) is 23.3 Å². The molecule has 2 rings (SSSR count). The van der Waals surface area contributed by atoms with Crippen LogP contribution in [0.25, 0.3) is 0 Å². The average Bonchev–Trinajstić information content (AvgIpc) is 2.89. The fourth-order valence-corrected chi connectivity index (χ4v) is 2.38. The molecule has 1 unspecified atom stereocenters. The quantitative estimate of drug-likeness (QED) is 0.860. The van der Waals surface area contributed by atoms with Crippen LogP contribution in [0, 0.1) is 0 Å². The van der Waals surface area contributed by atoms with Crippen molar-refractivity contribution in [2.45, 2.75) is 32.7 Å². The summed E-state index contributed by atoms with van der Waals surface area (Å²) in [5, 5.41) is 5.50. The molecule has 1 aromatic carbocycles. The Bertz CT molecular complexity index is 480. The lowest BCUT2D eigenvalue weighted by Gasteiger charge is -2.21. The van der Waals surface area contributed by atoms with Crippen LogP contribution in [0.1, 0.15) is 26.7 Å². The first-order valence-electron chi connectivity index (χ1n) is 7.09. The molecule has 0 saturated carbocycles. The van der Waals surface area contributed by atoms with E-state index in [1.54, 1.807) is 0 Å². The molecule has 1 fully saturated rings. The molecule has 1 aliphatic heterocycles. The molecule has 108 valence electrons. The van der Waals surface area contributed by atoms with Crippen LogP contribution in [0.3, 0.4) is 0 Å². The first-order chi connectivity index (χ1) is 9.63. The third kappa shape index (κ3) is 3.29. The molecule has 2 N–H and O–H groups in total. The maximum absolute atomic E-state index is 12.0. The summed E-state index contributed by atoms with van der Waals surface area (Å²) in [5.74, 6) is -0.200. The second kappa shape index (κ2) is 6.41. The lowest BCUT2D eigenvalue weighted by atomic mass is 10.2. The maximum atomic E-state index is 12.0. The smallest absolute Gasteiger partial charge is 0.246 e. The van der Waals surface area contributed by atoms with Gasteiger partial charge in [0.25, 0.3) is 0 Å². The standard InChI is InChI=1S/C15H21N3O2/c1-3-18(4-2)12-7-5-11(6-8-12)16-15(20)13-9-10-14(19)17-13/h5-8,13H,3-4,9-10H2,1-2H3,(H,16,20)(H,17,19). The molecule has 1 saturated heterocycles. The van der Waals surface area contributed by atoms with Gasteiger partial charge in [0.05, 0.1) is 0 Å². The Morgan fingerprint density at radius 3 is 2.45 bits per heavy atom. The predicted octanol–water partition coefficient (Wildman–Crippen LogP) is 1.75. The summed E-state index contributed by atoms with van der Waals surface area (Å²) >= 11 is 0. The molecule has 1 aromatic rings. The van der Waals surface area contributed by atoms with E-state index in [-0.39, 0.29) is 11.8 Å². The summed E-state index contributed by atoms with van der Waals surface area (Å²) in [6.45, 7) is 6.14. The Morgan fingerprint density at radius 1 is 1.30 bits per heavy atom. The number of nitrogens with zero attached hydrogens (tertiary/aromatic N) is 1. The average molecular weight is 275 g/mol. The van der Waals surface area contributed by atoms with Crippen molar-refractivity contribution in [1.29, 1.82) is 0 Å². The van der Waals surface area contributed by atoms with E-state index in [9.17, 15) is 9.59 Å². The summed E-state index contributed by atoms with van der Waals surface area (Å²) in [6, 6.07) is 7.38. The highest BCUT2D eigenvalue weighted by Crippen LogP contribution is 2.18. The third-order valence-electron chi connectivity index (χ3n) is 3.58. The summed E-state index contributed by atoms with van der Waals surface area (Å²) in [6.07, 6.45) is 1.00. The molecule has 5 heteroatoms. The van der Waals surface area contributed by atoms with Crippen molar-refractivity contribution in [3.63, 3.8) is 0 Å². The highest BCUT2D eigenvalue weighted by atomic mass is 16.2. The van der Waals surface area contributed by atoms with Gasteiger partial charge in [0, 0.05) is 30.9 Å². The van der Waals surface area contributed by atoms with Gasteiger partial charge in [-0.15, -0.1) is 0 Å².